The summed E-state index contributed by atoms with van der Waals surface area (Å²) in [6, 6.07) is 0. The fraction of sp³-hybridized carbons (Fsp3) is 1.00. The summed E-state index contributed by atoms with van der Waals surface area (Å²) in [6.07, 6.45) is -2.72. The van der Waals surface area contributed by atoms with Gasteiger partial charge in [-0.1, -0.05) is 20.3 Å². The van der Waals surface area contributed by atoms with E-state index in [1.807, 2.05) is 6.92 Å². The van der Waals surface area contributed by atoms with Crippen LogP contribution in [0, 0.1) is 5.41 Å². The van der Waals surface area contributed by atoms with Gasteiger partial charge in [0.1, 0.15) is 0 Å². The molecule has 2 N–H and O–H groups in total. The third kappa shape index (κ3) is 3.38. The Bertz CT molecular complexity index is 261. The van der Waals surface area contributed by atoms with E-state index in [1.54, 1.807) is 6.92 Å². The van der Waals surface area contributed by atoms with Crippen LogP contribution in [0.5, 0.6) is 0 Å². The molecule has 0 aliphatic carbocycles. The highest BCUT2D eigenvalue weighted by Gasteiger charge is 2.57. The van der Waals surface area contributed by atoms with Crippen molar-refractivity contribution in [3.8, 4) is 0 Å². The second-order valence-corrected chi connectivity index (χ2v) is 5.53. The molecule has 5 heteroatoms. The summed E-state index contributed by atoms with van der Waals surface area (Å²) in [5.41, 5.74) is -2.89. The minimum absolute atomic E-state index is 0.0719. The van der Waals surface area contributed by atoms with E-state index in [-0.39, 0.29) is 19.3 Å². The van der Waals surface area contributed by atoms with Crippen LogP contribution in [0.3, 0.4) is 0 Å². The van der Waals surface area contributed by atoms with Gasteiger partial charge in [0.2, 0.25) is 0 Å². The summed E-state index contributed by atoms with van der Waals surface area (Å²) in [4.78, 5) is 0. The van der Waals surface area contributed by atoms with Crippen molar-refractivity contribution in [2.45, 2.75) is 64.1 Å². The Balaban J connectivity index is 2.91. The van der Waals surface area contributed by atoms with Crippen LogP contribution < -0.4 is 5.32 Å². The second-order valence-electron chi connectivity index (χ2n) is 5.53. The predicted octanol–water partition coefficient (Wildman–Crippen LogP) is 3.25. The van der Waals surface area contributed by atoms with Crippen LogP contribution in [-0.4, -0.2) is 30.0 Å². The average Bonchev–Trinajstić information content (AvgIpc) is 2.29. The maximum atomic E-state index is 13.4. The summed E-state index contributed by atoms with van der Waals surface area (Å²) in [6.45, 7) is 4.42. The Morgan fingerprint density at radius 3 is 2.11 bits per heavy atom. The van der Waals surface area contributed by atoms with Gasteiger partial charge in [-0.05, 0) is 45.2 Å². The maximum absolute atomic E-state index is 13.4. The molecule has 0 amide bonds. The molecule has 1 saturated heterocycles. The molecule has 0 bridgehead atoms. The van der Waals surface area contributed by atoms with Gasteiger partial charge in [-0.15, -0.1) is 0 Å². The highest BCUT2D eigenvalue weighted by atomic mass is 19.4. The molecule has 0 spiro atoms. The highest BCUT2D eigenvalue weighted by Crippen LogP contribution is 2.51. The third-order valence-electron chi connectivity index (χ3n) is 4.20. The normalized spacial score (nSPS) is 23.7. The van der Waals surface area contributed by atoms with Gasteiger partial charge in [0.25, 0.3) is 0 Å². The molecule has 1 aliphatic rings. The van der Waals surface area contributed by atoms with Gasteiger partial charge in [-0.25, -0.2) is 0 Å². The van der Waals surface area contributed by atoms with Crippen LogP contribution in [0.2, 0.25) is 0 Å². The summed E-state index contributed by atoms with van der Waals surface area (Å²) in [7, 11) is 0. The first-order valence-corrected chi connectivity index (χ1v) is 6.78. The SMILES string of the molecule is CCCC(O)(CC)CC1(C(F)(F)F)CCNCC1. The first-order valence-electron chi connectivity index (χ1n) is 6.78. The number of rotatable bonds is 5. The minimum atomic E-state index is -4.23. The van der Waals surface area contributed by atoms with Gasteiger partial charge in [0.05, 0.1) is 11.0 Å². The number of piperidine rings is 1. The zero-order valence-corrected chi connectivity index (χ0v) is 11.2. The molecular weight excluding hydrogens is 243 g/mol. The number of aliphatic hydroxyl groups is 1. The first kappa shape index (κ1) is 15.8. The van der Waals surface area contributed by atoms with E-state index in [4.69, 9.17) is 0 Å². The number of hydrogen-bond acceptors (Lipinski definition) is 2. The summed E-state index contributed by atoms with van der Waals surface area (Å²) in [5.74, 6) is 0. The van der Waals surface area contributed by atoms with Crippen molar-refractivity contribution >= 4 is 0 Å². The number of hydrogen-bond donors (Lipinski definition) is 2. The van der Waals surface area contributed by atoms with Crippen LogP contribution in [0.25, 0.3) is 0 Å². The fourth-order valence-electron chi connectivity index (χ4n) is 2.95. The Kier molecular flexibility index (Phi) is 5.06. The van der Waals surface area contributed by atoms with Crippen molar-refractivity contribution < 1.29 is 18.3 Å². The molecule has 0 aromatic rings. The lowest BCUT2D eigenvalue weighted by atomic mass is 9.69. The molecule has 2 nitrogen and oxygen atoms in total. The van der Waals surface area contributed by atoms with Crippen molar-refractivity contribution in [2.24, 2.45) is 5.41 Å². The van der Waals surface area contributed by atoms with Crippen molar-refractivity contribution in [1.82, 2.24) is 5.32 Å². The molecule has 18 heavy (non-hydrogen) atoms. The fourth-order valence-corrected chi connectivity index (χ4v) is 2.95. The molecule has 1 heterocycles. The molecule has 1 unspecified atom stereocenters. The van der Waals surface area contributed by atoms with E-state index < -0.39 is 17.2 Å². The van der Waals surface area contributed by atoms with Crippen molar-refractivity contribution in [3.05, 3.63) is 0 Å². The van der Waals surface area contributed by atoms with Crippen LogP contribution in [-0.2, 0) is 0 Å². The molecule has 1 aliphatic heterocycles. The zero-order valence-electron chi connectivity index (χ0n) is 11.2. The zero-order chi connectivity index (χ0) is 13.9. The summed E-state index contributed by atoms with van der Waals surface area (Å²) in [5, 5.41) is 13.3. The van der Waals surface area contributed by atoms with Gasteiger partial charge in [0, 0.05) is 0 Å². The topological polar surface area (TPSA) is 32.3 Å². The first-order chi connectivity index (χ1) is 8.29. The van der Waals surface area contributed by atoms with Crippen molar-refractivity contribution in [3.63, 3.8) is 0 Å². The lowest BCUT2D eigenvalue weighted by Gasteiger charge is -2.44. The monoisotopic (exact) mass is 267 g/mol. The van der Waals surface area contributed by atoms with Crippen LogP contribution >= 0.6 is 0 Å². The Hall–Kier alpha value is -0.290. The standard InChI is InChI=1S/C13H24F3NO/c1-3-5-12(18,4-2)10-11(13(14,15)16)6-8-17-9-7-11/h17-18H,3-10H2,1-2H3. The van der Waals surface area contributed by atoms with E-state index >= 15 is 0 Å². The lowest BCUT2D eigenvalue weighted by Crippen LogP contribution is -2.51. The van der Waals surface area contributed by atoms with Crippen LogP contribution in [0.15, 0.2) is 0 Å². The molecular formula is C13H24F3NO. The average molecular weight is 267 g/mol. The van der Waals surface area contributed by atoms with E-state index in [9.17, 15) is 18.3 Å². The molecule has 0 aromatic carbocycles. The molecule has 1 fully saturated rings. The van der Waals surface area contributed by atoms with Gasteiger partial charge in [0.15, 0.2) is 0 Å². The van der Waals surface area contributed by atoms with E-state index in [1.165, 1.54) is 0 Å². The summed E-state index contributed by atoms with van der Waals surface area (Å²) < 4.78 is 40.1. The van der Waals surface area contributed by atoms with Crippen LogP contribution in [0.1, 0.15) is 52.4 Å². The maximum Gasteiger partial charge on any atom is 0.394 e. The van der Waals surface area contributed by atoms with Crippen molar-refractivity contribution in [1.29, 1.82) is 0 Å². The minimum Gasteiger partial charge on any atom is -0.390 e. The number of nitrogens with one attached hydrogen (secondary N) is 1. The highest BCUT2D eigenvalue weighted by molar-refractivity contribution is 4.96. The van der Waals surface area contributed by atoms with Crippen LogP contribution in [0.4, 0.5) is 13.2 Å². The Morgan fingerprint density at radius 2 is 1.72 bits per heavy atom. The summed E-state index contributed by atoms with van der Waals surface area (Å²) >= 11 is 0. The number of alkyl halides is 3. The van der Waals surface area contributed by atoms with E-state index in [0.717, 1.165) is 0 Å². The third-order valence-corrected chi connectivity index (χ3v) is 4.20. The quantitative estimate of drug-likeness (QED) is 0.801. The molecule has 0 radical (unpaired) electrons. The molecule has 0 aromatic heterocycles. The van der Waals surface area contributed by atoms with E-state index in [2.05, 4.69) is 5.32 Å². The Labute approximate surface area is 107 Å². The molecule has 108 valence electrons. The molecule has 1 rings (SSSR count). The lowest BCUT2D eigenvalue weighted by molar-refractivity contribution is -0.249. The predicted molar refractivity (Wildman–Crippen MR) is 65.4 cm³/mol. The number of halogens is 3. The van der Waals surface area contributed by atoms with E-state index in [0.29, 0.717) is 32.4 Å². The smallest absolute Gasteiger partial charge is 0.390 e. The van der Waals surface area contributed by atoms with Crippen molar-refractivity contribution in [2.75, 3.05) is 13.1 Å². The van der Waals surface area contributed by atoms with Gasteiger partial charge < -0.3 is 10.4 Å². The van der Waals surface area contributed by atoms with Gasteiger partial charge in [-0.3, -0.25) is 0 Å². The molecule has 1 atom stereocenters. The largest absolute Gasteiger partial charge is 0.394 e. The van der Waals surface area contributed by atoms with Gasteiger partial charge >= 0.3 is 6.18 Å². The Morgan fingerprint density at radius 1 is 1.17 bits per heavy atom. The molecule has 0 saturated carbocycles. The van der Waals surface area contributed by atoms with Gasteiger partial charge in [-0.2, -0.15) is 13.2 Å². The second kappa shape index (κ2) is 5.78.